The summed E-state index contributed by atoms with van der Waals surface area (Å²) in [5.74, 6) is 0.0284. The van der Waals surface area contributed by atoms with Gasteiger partial charge in [-0.15, -0.1) is 0 Å². The molecule has 0 saturated heterocycles. The summed E-state index contributed by atoms with van der Waals surface area (Å²) >= 11 is 5.83. The first-order chi connectivity index (χ1) is 12.4. The third kappa shape index (κ3) is 6.74. The first kappa shape index (κ1) is 19.8. The molecular weight excluding hydrogens is 352 g/mol. The third-order valence-corrected chi connectivity index (χ3v) is 3.93. The Kier molecular flexibility index (Phi) is 7.44. The molecule has 0 bridgehead atoms. The maximum atomic E-state index is 11.9. The number of rotatable bonds is 7. The van der Waals surface area contributed by atoms with E-state index in [1.165, 1.54) is 0 Å². The Bertz CT molecular complexity index is 730. The summed E-state index contributed by atoms with van der Waals surface area (Å²) in [5.41, 5.74) is 2.70. The molecule has 2 aromatic carbocycles. The van der Waals surface area contributed by atoms with Gasteiger partial charge in [0.1, 0.15) is 0 Å². The highest BCUT2D eigenvalue weighted by molar-refractivity contribution is 6.30. The third-order valence-electron chi connectivity index (χ3n) is 3.68. The quantitative estimate of drug-likeness (QED) is 0.697. The second-order valence-corrected chi connectivity index (χ2v) is 6.46. The summed E-state index contributed by atoms with van der Waals surface area (Å²) in [7, 11) is 3.45. The van der Waals surface area contributed by atoms with Crippen LogP contribution >= 0.6 is 11.6 Å². The van der Waals surface area contributed by atoms with Crippen LogP contribution in [0.25, 0.3) is 0 Å². The Labute approximate surface area is 158 Å². The van der Waals surface area contributed by atoms with Crippen molar-refractivity contribution in [3.63, 3.8) is 0 Å². The number of carbonyl (C=O) groups excluding carboxylic acids is 2. The summed E-state index contributed by atoms with van der Waals surface area (Å²) < 4.78 is 0. The average Bonchev–Trinajstić information content (AvgIpc) is 2.62. The number of benzene rings is 2. The Hall–Kier alpha value is -2.57. The molecule has 26 heavy (non-hydrogen) atoms. The van der Waals surface area contributed by atoms with Crippen molar-refractivity contribution < 1.29 is 9.59 Å². The lowest BCUT2D eigenvalue weighted by molar-refractivity contribution is -0.127. The highest BCUT2D eigenvalue weighted by Crippen LogP contribution is 2.11. The number of urea groups is 1. The molecule has 138 valence electrons. The van der Waals surface area contributed by atoms with Gasteiger partial charge in [-0.1, -0.05) is 35.9 Å². The number of carbonyl (C=O) groups is 2. The largest absolute Gasteiger partial charge is 0.348 e. The fraction of sp³-hybridized carbons (Fsp3) is 0.263. The Morgan fingerprint density at radius 2 is 1.50 bits per heavy atom. The number of nitrogens with zero attached hydrogens (tertiary/aromatic N) is 1. The van der Waals surface area contributed by atoms with E-state index in [-0.39, 0.29) is 11.9 Å². The van der Waals surface area contributed by atoms with Crippen LogP contribution in [0.15, 0.2) is 48.5 Å². The number of hydrogen-bond donors (Lipinski definition) is 3. The van der Waals surface area contributed by atoms with Crippen LogP contribution in [0.2, 0.25) is 5.02 Å². The topological polar surface area (TPSA) is 73.5 Å². The van der Waals surface area contributed by atoms with Crippen molar-refractivity contribution in [3.8, 4) is 0 Å². The molecule has 7 heteroatoms. The van der Waals surface area contributed by atoms with E-state index < -0.39 is 0 Å². The van der Waals surface area contributed by atoms with Gasteiger partial charge in [-0.2, -0.15) is 0 Å². The van der Waals surface area contributed by atoms with Crippen molar-refractivity contribution >= 4 is 29.2 Å². The molecular formula is C19H23ClN4O2. The van der Waals surface area contributed by atoms with Gasteiger partial charge in [0.15, 0.2) is 0 Å². The summed E-state index contributed by atoms with van der Waals surface area (Å²) in [6.07, 6.45) is 0. The van der Waals surface area contributed by atoms with Gasteiger partial charge in [-0.25, -0.2) is 4.79 Å². The zero-order valence-corrected chi connectivity index (χ0v) is 15.6. The van der Waals surface area contributed by atoms with E-state index in [0.717, 1.165) is 11.1 Å². The van der Waals surface area contributed by atoms with Gasteiger partial charge in [0, 0.05) is 37.9 Å². The highest BCUT2D eigenvalue weighted by atomic mass is 35.5. The van der Waals surface area contributed by atoms with E-state index in [1.807, 2.05) is 36.4 Å². The smallest absolute Gasteiger partial charge is 0.319 e. The second-order valence-electron chi connectivity index (χ2n) is 6.02. The Balaban J connectivity index is 1.74. The molecule has 0 unspecified atom stereocenters. The molecule has 2 aromatic rings. The van der Waals surface area contributed by atoms with Gasteiger partial charge in [0.05, 0.1) is 6.54 Å². The molecule has 0 radical (unpaired) electrons. The second kappa shape index (κ2) is 9.79. The minimum absolute atomic E-state index is 0.0284. The monoisotopic (exact) mass is 374 g/mol. The molecule has 0 aliphatic heterocycles. The lowest BCUT2D eigenvalue weighted by atomic mass is 10.2. The summed E-state index contributed by atoms with van der Waals surface area (Å²) in [5, 5.41) is 9.32. The number of nitrogens with one attached hydrogen (secondary N) is 3. The van der Waals surface area contributed by atoms with E-state index in [2.05, 4.69) is 16.0 Å². The SMILES string of the molecule is CN(C)C(=O)CNCc1ccc(NC(=O)NCc2ccc(Cl)cc2)cc1. The lowest BCUT2D eigenvalue weighted by Crippen LogP contribution is -2.32. The van der Waals surface area contributed by atoms with Crippen LogP contribution in [0, 0.1) is 0 Å². The van der Waals surface area contributed by atoms with Crippen LogP contribution in [0.1, 0.15) is 11.1 Å². The molecule has 0 spiro atoms. The molecule has 0 aromatic heterocycles. The van der Waals surface area contributed by atoms with Crippen molar-refractivity contribution in [1.29, 1.82) is 0 Å². The van der Waals surface area contributed by atoms with Gasteiger partial charge in [0.25, 0.3) is 0 Å². The maximum absolute atomic E-state index is 11.9. The first-order valence-electron chi connectivity index (χ1n) is 8.23. The van der Waals surface area contributed by atoms with E-state index >= 15 is 0 Å². The van der Waals surface area contributed by atoms with E-state index in [1.54, 1.807) is 31.1 Å². The number of likely N-dealkylation sites (N-methyl/N-ethyl adjacent to an activating group) is 1. The molecule has 3 amide bonds. The molecule has 0 heterocycles. The fourth-order valence-corrected chi connectivity index (χ4v) is 2.26. The van der Waals surface area contributed by atoms with E-state index in [4.69, 9.17) is 11.6 Å². The van der Waals surface area contributed by atoms with Crippen LogP contribution in [0.5, 0.6) is 0 Å². The van der Waals surface area contributed by atoms with E-state index in [0.29, 0.717) is 30.3 Å². The molecule has 0 saturated carbocycles. The first-order valence-corrected chi connectivity index (χ1v) is 8.61. The minimum atomic E-state index is -0.276. The highest BCUT2D eigenvalue weighted by Gasteiger charge is 2.04. The molecule has 0 aliphatic carbocycles. The van der Waals surface area contributed by atoms with Crippen LogP contribution in [0.3, 0.4) is 0 Å². The zero-order chi connectivity index (χ0) is 18.9. The van der Waals surface area contributed by atoms with Gasteiger partial charge in [0.2, 0.25) is 5.91 Å². The van der Waals surface area contributed by atoms with Gasteiger partial charge >= 0.3 is 6.03 Å². The minimum Gasteiger partial charge on any atom is -0.348 e. The summed E-state index contributed by atoms with van der Waals surface area (Å²) in [4.78, 5) is 25.0. The summed E-state index contributed by atoms with van der Waals surface area (Å²) in [6, 6.07) is 14.5. The predicted molar refractivity (Wildman–Crippen MR) is 104 cm³/mol. The molecule has 3 N–H and O–H groups in total. The number of hydrogen-bond acceptors (Lipinski definition) is 3. The van der Waals surface area contributed by atoms with Crippen LogP contribution in [-0.2, 0) is 17.9 Å². The zero-order valence-electron chi connectivity index (χ0n) is 14.9. The van der Waals surface area contributed by atoms with Crippen molar-refractivity contribution in [1.82, 2.24) is 15.5 Å². The normalized spacial score (nSPS) is 10.3. The van der Waals surface area contributed by atoms with Gasteiger partial charge < -0.3 is 20.9 Å². The van der Waals surface area contributed by atoms with E-state index in [9.17, 15) is 9.59 Å². The maximum Gasteiger partial charge on any atom is 0.319 e. The van der Waals surface area contributed by atoms with Gasteiger partial charge in [-0.05, 0) is 35.4 Å². The molecule has 0 atom stereocenters. The average molecular weight is 375 g/mol. The Morgan fingerprint density at radius 1 is 0.923 bits per heavy atom. The van der Waals surface area contributed by atoms with Crippen molar-refractivity contribution in [2.75, 3.05) is 26.0 Å². The predicted octanol–water partition coefficient (Wildman–Crippen LogP) is 2.84. The molecule has 6 nitrogen and oxygen atoms in total. The summed E-state index contributed by atoms with van der Waals surface area (Å²) in [6.45, 7) is 1.30. The standard InChI is InChI=1S/C19H23ClN4O2/c1-24(2)18(25)13-21-11-14-5-9-17(10-6-14)23-19(26)22-12-15-3-7-16(20)8-4-15/h3-10,21H,11-13H2,1-2H3,(H2,22,23,26). The van der Waals surface area contributed by atoms with Crippen LogP contribution < -0.4 is 16.0 Å². The van der Waals surface area contributed by atoms with Gasteiger partial charge in [-0.3, -0.25) is 4.79 Å². The van der Waals surface area contributed by atoms with Crippen molar-refractivity contribution in [3.05, 3.63) is 64.7 Å². The van der Waals surface area contributed by atoms with Crippen LogP contribution in [-0.4, -0.2) is 37.5 Å². The molecule has 0 fully saturated rings. The molecule has 2 rings (SSSR count). The fourth-order valence-electron chi connectivity index (χ4n) is 2.14. The number of anilines is 1. The van der Waals surface area contributed by atoms with Crippen molar-refractivity contribution in [2.45, 2.75) is 13.1 Å². The molecule has 0 aliphatic rings. The number of halogens is 1. The number of amides is 3. The Morgan fingerprint density at radius 3 is 2.12 bits per heavy atom. The van der Waals surface area contributed by atoms with Crippen LogP contribution in [0.4, 0.5) is 10.5 Å². The lowest BCUT2D eigenvalue weighted by Gasteiger charge is -2.11. The van der Waals surface area contributed by atoms with Crippen molar-refractivity contribution in [2.24, 2.45) is 0 Å².